The van der Waals surface area contributed by atoms with E-state index in [1.54, 1.807) is 48.5 Å². The summed E-state index contributed by atoms with van der Waals surface area (Å²) in [5, 5.41) is 3.31. The average molecular weight is 361 g/mol. The highest BCUT2D eigenvalue weighted by molar-refractivity contribution is 6.00. The lowest BCUT2D eigenvalue weighted by Crippen LogP contribution is -2.07. The van der Waals surface area contributed by atoms with Crippen LogP contribution in [0.25, 0.3) is 22.1 Å². The van der Waals surface area contributed by atoms with Crippen LogP contribution in [0.4, 0.5) is 5.69 Å². The molecule has 1 heterocycles. The minimum atomic E-state index is -0.563. The Labute approximate surface area is 154 Å². The summed E-state index contributed by atoms with van der Waals surface area (Å²) in [5.74, 6) is -0.575. The summed E-state index contributed by atoms with van der Waals surface area (Å²) in [6, 6.07) is 13.2. The third kappa shape index (κ3) is 4.01. The van der Waals surface area contributed by atoms with E-state index in [0.29, 0.717) is 33.5 Å². The first kappa shape index (κ1) is 17.9. The minimum absolute atomic E-state index is 0.344. The van der Waals surface area contributed by atoms with E-state index in [4.69, 9.17) is 9.15 Å². The molecule has 0 bridgehead atoms. The molecule has 0 aliphatic rings. The van der Waals surface area contributed by atoms with Gasteiger partial charge in [-0.1, -0.05) is 25.3 Å². The predicted molar refractivity (Wildman–Crippen MR) is 103 cm³/mol. The van der Waals surface area contributed by atoms with E-state index >= 15 is 0 Å². The Hall–Kier alpha value is -3.93. The third-order valence-corrected chi connectivity index (χ3v) is 3.74. The monoisotopic (exact) mass is 361 g/mol. The van der Waals surface area contributed by atoms with Gasteiger partial charge in [-0.15, -0.1) is 0 Å². The van der Waals surface area contributed by atoms with E-state index in [1.807, 2.05) is 0 Å². The second-order valence-corrected chi connectivity index (χ2v) is 5.54. The lowest BCUT2D eigenvalue weighted by atomic mass is 10.1. The van der Waals surface area contributed by atoms with Crippen molar-refractivity contribution in [3.05, 3.63) is 84.3 Å². The standard InChI is InChI=1S/C21H15NO5/c1-3-19(23)22-15-8-5-14-11-17(21(25)27-18(14)12-15)13-6-9-16(10-7-13)26-20(24)4-2/h3-12H,1-2H2,(H,22,23). The van der Waals surface area contributed by atoms with Crippen LogP contribution in [0, 0.1) is 0 Å². The summed E-state index contributed by atoms with van der Waals surface area (Å²) < 4.78 is 10.4. The van der Waals surface area contributed by atoms with Crippen molar-refractivity contribution in [2.75, 3.05) is 5.32 Å². The normalized spacial score (nSPS) is 10.2. The molecule has 0 unspecified atom stereocenters. The Morgan fingerprint density at radius 2 is 1.74 bits per heavy atom. The van der Waals surface area contributed by atoms with E-state index in [0.717, 1.165) is 12.2 Å². The largest absolute Gasteiger partial charge is 0.423 e. The smallest absolute Gasteiger partial charge is 0.344 e. The van der Waals surface area contributed by atoms with Gasteiger partial charge in [-0.05, 0) is 42.0 Å². The molecule has 1 N–H and O–H groups in total. The fourth-order valence-electron chi connectivity index (χ4n) is 2.44. The zero-order chi connectivity index (χ0) is 19.4. The molecule has 1 aromatic heterocycles. The van der Waals surface area contributed by atoms with E-state index < -0.39 is 11.6 Å². The summed E-state index contributed by atoms with van der Waals surface area (Å²) >= 11 is 0. The van der Waals surface area contributed by atoms with Gasteiger partial charge in [0.05, 0.1) is 5.56 Å². The Kier molecular flexibility index (Phi) is 4.99. The van der Waals surface area contributed by atoms with Crippen LogP contribution < -0.4 is 15.7 Å². The second-order valence-electron chi connectivity index (χ2n) is 5.54. The minimum Gasteiger partial charge on any atom is -0.423 e. The molecule has 1 amide bonds. The first-order chi connectivity index (χ1) is 13.0. The van der Waals surface area contributed by atoms with Crippen molar-refractivity contribution in [2.45, 2.75) is 0 Å². The molecule has 0 saturated carbocycles. The Morgan fingerprint density at radius 3 is 2.41 bits per heavy atom. The highest BCUT2D eigenvalue weighted by atomic mass is 16.5. The molecule has 3 aromatic rings. The molecule has 134 valence electrons. The SMILES string of the molecule is C=CC(=O)Nc1ccc2cc(-c3ccc(OC(=O)C=C)cc3)c(=O)oc2c1. The summed E-state index contributed by atoms with van der Waals surface area (Å²) in [5.41, 5.74) is 1.31. The molecular formula is C21H15NO5. The number of carbonyl (C=O) groups is 2. The second kappa shape index (κ2) is 7.53. The van der Waals surface area contributed by atoms with Gasteiger partial charge in [0.15, 0.2) is 0 Å². The van der Waals surface area contributed by atoms with Crippen molar-refractivity contribution in [1.82, 2.24) is 0 Å². The number of nitrogens with one attached hydrogen (secondary N) is 1. The van der Waals surface area contributed by atoms with Gasteiger partial charge < -0.3 is 14.5 Å². The number of benzene rings is 2. The van der Waals surface area contributed by atoms with Gasteiger partial charge in [0.25, 0.3) is 0 Å². The number of esters is 1. The third-order valence-electron chi connectivity index (χ3n) is 3.74. The van der Waals surface area contributed by atoms with Gasteiger partial charge in [0.1, 0.15) is 11.3 Å². The first-order valence-electron chi connectivity index (χ1n) is 7.96. The predicted octanol–water partition coefficient (Wildman–Crippen LogP) is 3.68. The van der Waals surface area contributed by atoms with Crippen molar-refractivity contribution in [1.29, 1.82) is 0 Å². The van der Waals surface area contributed by atoms with E-state index in [9.17, 15) is 14.4 Å². The Morgan fingerprint density at radius 1 is 1.00 bits per heavy atom. The van der Waals surface area contributed by atoms with Gasteiger partial charge in [-0.25, -0.2) is 9.59 Å². The van der Waals surface area contributed by atoms with Crippen LogP contribution in [-0.2, 0) is 9.59 Å². The van der Waals surface area contributed by atoms with E-state index in [1.165, 1.54) is 0 Å². The van der Waals surface area contributed by atoms with Crippen molar-refractivity contribution < 1.29 is 18.7 Å². The number of rotatable bonds is 5. The van der Waals surface area contributed by atoms with Crippen LogP contribution >= 0.6 is 0 Å². The summed E-state index contributed by atoms with van der Waals surface area (Å²) in [6.07, 6.45) is 2.22. The molecular weight excluding hydrogens is 346 g/mol. The fraction of sp³-hybridized carbons (Fsp3) is 0. The number of carbonyl (C=O) groups excluding carboxylic acids is 2. The van der Waals surface area contributed by atoms with Crippen LogP contribution in [0.3, 0.4) is 0 Å². The number of fused-ring (bicyclic) bond motifs is 1. The van der Waals surface area contributed by atoms with Gasteiger partial charge >= 0.3 is 11.6 Å². The van der Waals surface area contributed by atoms with Gasteiger partial charge in [-0.3, -0.25) is 4.79 Å². The van der Waals surface area contributed by atoms with Crippen molar-refractivity contribution in [2.24, 2.45) is 0 Å². The number of amides is 1. The van der Waals surface area contributed by atoms with E-state index in [2.05, 4.69) is 18.5 Å². The molecule has 27 heavy (non-hydrogen) atoms. The van der Waals surface area contributed by atoms with Gasteiger partial charge in [0.2, 0.25) is 5.91 Å². The van der Waals surface area contributed by atoms with Crippen molar-refractivity contribution in [3.63, 3.8) is 0 Å². The molecule has 3 rings (SSSR count). The molecule has 0 spiro atoms. The van der Waals surface area contributed by atoms with Crippen LogP contribution in [-0.4, -0.2) is 11.9 Å². The zero-order valence-electron chi connectivity index (χ0n) is 14.2. The fourth-order valence-corrected chi connectivity index (χ4v) is 2.44. The quantitative estimate of drug-likeness (QED) is 0.324. The van der Waals surface area contributed by atoms with Crippen molar-refractivity contribution in [3.8, 4) is 16.9 Å². The number of ether oxygens (including phenoxy) is 1. The van der Waals surface area contributed by atoms with Gasteiger partial charge in [0, 0.05) is 23.2 Å². The summed E-state index contributed by atoms with van der Waals surface area (Å²) in [6.45, 7) is 6.72. The highest BCUT2D eigenvalue weighted by Crippen LogP contribution is 2.25. The maximum absolute atomic E-state index is 12.4. The molecule has 6 nitrogen and oxygen atoms in total. The van der Waals surface area contributed by atoms with Crippen LogP contribution in [0.1, 0.15) is 0 Å². The Balaban J connectivity index is 1.94. The lowest BCUT2D eigenvalue weighted by molar-refractivity contribution is -0.129. The van der Waals surface area contributed by atoms with Crippen LogP contribution in [0.2, 0.25) is 0 Å². The highest BCUT2D eigenvalue weighted by Gasteiger charge is 2.10. The topological polar surface area (TPSA) is 85.6 Å². The molecule has 0 radical (unpaired) electrons. The van der Waals surface area contributed by atoms with Crippen LogP contribution in [0.15, 0.2) is 83.1 Å². The molecule has 0 aliphatic heterocycles. The molecule has 0 aliphatic carbocycles. The molecule has 2 aromatic carbocycles. The molecule has 0 atom stereocenters. The molecule has 0 saturated heterocycles. The molecule has 0 fully saturated rings. The number of anilines is 1. The lowest BCUT2D eigenvalue weighted by Gasteiger charge is -2.06. The zero-order valence-corrected chi connectivity index (χ0v) is 14.2. The number of hydrogen-bond donors (Lipinski definition) is 1. The number of hydrogen-bond acceptors (Lipinski definition) is 5. The maximum atomic E-state index is 12.4. The van der Waals surface area contributed by atoms with Crippen molar-refractivity contribution >= 4 is 28.5 Å². The summed E-state index contributed by atoms with van der Waals surface area (Å²) in [7, 11) is 0. The maximum Gasteiger partial charge on any atom is 0.344 e. The Bertz CT molecular complexity index is 1110. The molecule has 6 heteroatoms. The summed E-state index contributed by atoms with van der Waals surface area (Å²) in [4.78, 5) is 35.0. The van der Waals surface area contributed by atoms with Gasteiger partial charge in [-0.2, -0.15) is 0 Å². The first-order valence-corrected chi connectivity index (χ1v) is 7.96. The van der Waals surface area contributed by atoms with Crippen LogP contribution in [0.5, 0.6) is 5.75 Å². The average Bonchev–Trinajstić information content (AvgIpc) is 2.68. The van der Waals surface area contributed by atoms with E-state index in [-0.39, 0.29) is 5.91 Å².